The van der Waals surface area contributed by atoms with Gasteiger partial charge < -0.3 is 9.84 Å². The highest BCUT2D eigenvalue weighted by Gasteiger charge is 2.25. The number of aryl methyl sites for hydroxylation is 1. The number of halogens is 2. The minimum absolute atomic E-state index is 0.254. The molecule has 0 aliphatic carbocycles. The molecule has 2 aromatic carbocycles. The molecule has 0 saturated carbocycles. The number of imidazole rings is 1. The Bertz CT molecular complexity index is 1440. The number of rotatable bonds is 4. The van der Waals surface area contributed by atoms with Crippen molar-refractivity contribution >= 4 is 45.8 Å². The summed E-state index contributed by atoms with van der Waals surface area (Å²) in [5.74, 6) is 0.627. The number of nitrogens with one attached hydrogen (secondary N) is 1. The zero-order valence-electron chi connectivity index (χ0n) is 16.7. The summed E-state index contributed by atoms with van der Waals surface area (Å²) in [5, 5.41) is 7.60. The number of pyridine rings is 1. The molecule has 0 atom stereocenters. The molecule has 3 aromatic heterocycles. The van der Waals surface area contributed by atoms with Crippen molar-refractivity contribution in [1.82, 2.24) is 19.7 Å². The third-order valence-electron chi connectivity index (χ3n) is 5.00. The fraction of sp³-hybridized carbons (Fsp3) is 0.0435. The molecule has 0 spiro atoms. The molecule has 0 aliphatic heterocycles. The van der Waals surface area contributed by atoms with Crippen LogP contribution in [0.3, 0.4) is 0 Å². The smallest absolute Gasteiger partial charge is 0.261 e. The average Bonchev–Trinajstić information content (AvgIpc) is 3.38. The van der Waals surface area contributed by atoms with Gasteiger partial charge in [-0.3, -0.25) is 9.36 Å². The van der Waals surface area contributed by atoms with Crippen molar-refractivity contribution < 1.29 is 9.32 Å². The van der Waals surface area contributed by atoms with Crippen molar-refractivity contribution in [1.29, 1.82) is 0 Å². The lowest BCUT2D eigenvalue weighted by molar-refractivity contribution is 0.102. The van der Waals surface area contributed by atoms with Gasteiger partial charge in [-0.25, -0.2) is 9.97 Å². The normalized spacial score (nSPS) is 11.1. The van der Waals surface area contributed by atoms with Crippen LogP contribution in [0.25, 0.3) is 28.1 Å². The predicted molar refractivity (Wildman–Crippen MR) is 124 cm³/mol. The Kier molecular flexibility index (Phi) is 5.13. The Morgan fingerprint density at radius 1 is 1.00 bits per heavy atom. The van der Waals surface area contributed by atoms with Crippen LogP contribution in [-0.4, -0.2) is 25.6 Å². The molecule has 0 fully saturated rings. The Hall–Kier alpha value is -3.68. The number of carbonyl (C=O) groups is 1. The van der Waals surface area contributed by atoms with Crippen molar-refractivity contribution in [2.24, 2.45) is 0 Å². The zero-order valence-corrected chi connectivity index (χ0v) is 18.2. The Morgan fingerprint density at radius 3 is 2.53 bits per heavy atom. The van der Waals surface area contributed by atoms with E-state index in [0.29, 0.717) is 32.9 Å². The van der Waals surface area contributed by atoms with E-state index in [-0.39, 0.29) is 11.3 Å². The number of amides is 1. The van der Waals surface area contributed by atoms with Crippen LogP contribution >= 0.6 is 23.2 Å². The van der Waals surface area contributed by atoms with E-state index < -0.39 is 5.91 Å². The monoisotopic (exact) mass is 463 g/mol. The van der Waals surface area contributed by atoms with Crippen molar-refractivity contribution in [2.75, 3.05) is 5.32 Å². The first-order valence-electron chi connectivity index (χ1n) is 9.63. The van der Waals surface area contributed by atoms with E-state index in [2.05, 4.69) is 20.4 Å². The fourth-order valence-corrected chi connectivity index (χ4v) is 4.05. The van der Waals surface area contributed by atoms with Crippen LogP contribution in [0.15, 0.2) is 71.6 Å². The summed E-state index contributed by atoms with van der Waals surface area (Å²) >= 11 is 12.6. The Morgan fingerprint density at radius 2 is 1.78 bits per heavy atom. The molecule has 9 heteroatoms. The fourth-order valence-electron chi connectivity index (χ4n) is 3.47. The highest BCUT2D eigenvalue weighted by molar-refractivity contribution is 6.39. The van der Waals surface area contributed by atoms with E-state index in [1.54, 1.807) is 49.8 Å². The van der Waals surface area contributed by atoms with E-state index in [1.165, 1.54) is 0 Å². The topological polar surface area (TPSA) is 85.8 Å². The van der Waals surface area contributed by atoms with Crippen LogP contribution in [0.2, 0.25) is 10.0 Å². The summed E-state index contributed by atoms with van der Waals surface area (Å²) in [6, 6.07) is 16.4. The summed E-state index contributed by atoms with van der Waals surface area (Å²) in [7, 11) is 0. The van der Waals surface area contributed by atoms with Crippen LogP contribution in [-0.2, 0) is 0 Å². The molecule has 5 aromatic rings. The summed E-state index contributed by atoms with van der Waals surface area (Å²) in [6.45, 7) is 1.65. The van der Waals surface area contributed by atoms with E-state index in [1.807, 2.05) is 28.8 Å². The minimum atomic E-state index is -0.405. The molecule has 0 aliphatic rings. The molecule has 5 rings (SSSR count). The maximum absolute atomic E-state index is 13.1. The maximum Gasteiger partial charge on any atom is 0.261 e. The number of hydrogen-bond acceptors (Lipinski definition) is 5. The lowest BCUT2D eigenvalue weighted by Crippen LogP contribution is -2.14. The molecule has 0 bridgehead atoms. The highest BCUT2D eigenvalue weighted by Crippen LogP contribution is 2.37. The van der Waals surface area contributed by atoms with Gasteiger partial charge in [-0.05, 0) is 43.3 Å². The Labute approximate surface area is 192 Å². The average molecular weight is 464 g/mol. The van der Waals surface area contributed by atoms with Gasteiger partial charge in [0.15, 0.2) is 0 Å². The van der Waals surface area contributed by atoms with Gasteiger partial charge in [0, 0.05) is 5.56 Å². The number of hydrogen-bond donors (Lipinski definition) is 1. The third-order valence-corrected chi connectivity index (χ3v) is 5.63. The second-order valence-electron chi connectivity index (χ2n) is 7.02. The first kappa shape index (κ1) is 20.2. The molecule has 32 heavy (non-hydrogen) atoms. The summed E-state index contributed by atoms with van der Waals surface area (Å²) < 4.78 is 7.15. The number of fused-ring (bicyclic) bond motifs is 1. The standard InChI is InChI=1S/C23H15Cl2N5O2/c1-13-20(22(29-32-13)21-15(24)5-4-6-16(21)25)23(31)28-14-9-10-19(26-11-14)30-12-27-17-7-2-3-8-18(17)30/h2-12H,1H3,(H,28,31). The molecule has 7 nitrogen and oxygen atoms in total. The molecule has 1 amide bonds. The van der Waals surface area contributed by atoms with Crippen molar-refractivity contribution in [2.45, 2.75) is 6.92 Å². The van der Waals surface area contributed by atoms with Gasteiger partial charge in [-0.2, -0.15) is 0 Å². The summed E-state index contributed by atoms with van der Waals surface area (Å²) in [4.78, 5) is 21.9. The van der Waals surface area contributed by atoms with Gasteiger partial charge >= 0.3 is 0 Å². The minimum Gasteiger partial charge on any atom is -0.360 e. The molecule has 0 saturated heterocycles. The number of anilines is 1. The SMILES string of the molecule is Cc1onc(-c2c(Cl)cccc2Cl)c1C(=O)Nc1ccc(-n2cnc3ccccc32)nc1. The van der Waals surface area contributed by atoms with E-state index >= 15 is 0 Å². The Balaban J connectivity index is 1.44. The largest absolute Gasteiger partial charge is 0.360 e. The van der Waals surface area contributed by atoms with Gasteiger partial charge in [0.25, 0.3) is 5.91 Å². The van der Waals surface area contributed by atoms with Gasteiger partial charge in [-0.15, -0.1) is 0 Å². The third kappa shape index (κ3) is 3.51. The molecule has 0 unspecified atom stereocenters. The summed E-state index contributed by atoms with van der Waals surface area (Å²) in [5.41, 5.74) is 3.31. The lowest BCUT2D eigenvalue weighted by atomic mass is 10.1. The quantitative estimate of drug-likeness (QED) is 0.356. The number of nitrogens with zero attached hydrogens (tertiary/aromatic N) is 4. The van der Waals surface area contributed by atoms with Crippen LogP contribution < -0.4 is 5.32 Å². The predicted octanol–water partition coefficient (Wildman–Crippen LogP) is 5.94. The van der Waals surface area contributed by atoms with Crippen LogP contribution in [0.4, 0.5) is 5.69 Å². The van der Waals surface area contributed by atoms with Crippen molar-refractivity contribution in [3.63, 3.8) is 0 Å². The van der Waals surface area contributed by atoms with Crippen LogP contribution in [0.5, 0.6) is 0 Å². The molecule has 1 N–H and O–H groups in total. The molecule has 3 heterocycles. The summed E-state index contributed by atoms with van der Waals surface area (Å²) in [6.07, 6.45) is 3.29. The van der Waals surface area contributed by atoms with E-state index in [0.717, 1.165) is 11.0 Å². The van der Waals surface area contributed by atoms with Gasteiger partial charge in [0.1, 0.15) is 29.2 Å². The molecular weight excluding hydrogens is 449 g/mol. The highest BCUT2D eigenvalue weighted by atomic mass is 35.5. The molecular formula is C23H15Cl2N5O2. The van der Waals surface area contributed by atoms with E-state index in [4.69, 9.17) is 27.7 Å². The van der Waals surface area contributed by atoms with Crippen LogP contribution in [0.1, 0.15) is 16.1 Å². The first-order valence-corrected chi connectivity index (χ1v) is 10.4. The number of para-hydroxylation sites is 2. The van der Waals surface area contributed by atoms with Crippen molar-refractivity contribution in [3.8, 4) is 17.1 Å². The molecule has 0 radical (unpaired) electrons. The number of aromatic nitrogens is 4. The maximum atomic E-state index is 13.1. The van der Waals surface area contributed by atoms with Crippen LogP contribution in [0, 0.1) is 6.92 Å². The first-order chi connectivity index (χ1) is 15.5. The van der Waals surface area contributed by atoms with Crippen molar-refractivity contribution in [3.05, 3.63) is 88.5 Å². The second-order valence-corrected chi connectivity index (χ2v) is 7.84. The number of benzene rings is 2. The lowest BCUT2D eigenvalue weighted by Gasteiger charge is -2.09. The van der Waals surface area contributed by atoms with E-state index in [9.17, 15) is 4.79 Å². The van der Waals surface area contributed by atoms with Gasteiger partial charge in [-0.1, -0.05) is 46.6 Å². The number of carbonyl (C=O) groups excluding carboxylic acids is 1. The second kappa shape index (κ2) is 8.11. The zero-order chi connectivity index (χ0) is 22.2. The molecule has 158 valence electrons. The van der Waals surface area contributed by atoms with Gasteiger partial charge in [0.05, 0.1) is 33.0 Å². The van der Waals surface area contributed by atoms with Gasteiger partial charge in [0.2, 0.25) is 0 Å².